The third-order valence-corrected chi connectivity index (χ3v) is 8.64. The number of carbonyl (C=O) groups excluding carboxylic acids is 1. The van der Waals surface area contributed by atoms with Gasteiger partial charge in [0.2, 0.25) is 15.9 Å². The summed E-state index contributed by atoms with van der Waals surface area (Å²) in [5.74, 6) is 0.179. The molecule has 2 aliphatic heterocycles. The predicted molar refractivity (Wildman–Crippen MR) is 147 cm³/mol. The van der Waals surface area contributed by atoms with E-state index in [2.05, 4.69) is 19.6 Å². The Hall–Kier alpha value is -2.88. The largest absolute Gasteiger partial charge is 0.336 e. The van der Waals surface area contributed by atoms with Gasteiger partial charge >= 0.3 is 0 Å². The highest BCUT2D eigenvalue weighted by atomic mass is 32.2. The number of sulfonamides is 1. The van der Waals surface area contributed by atoms with Gasteiger partial charge in [-0.25, -0.2) is 13.1 Å². The molecule has 8 nitrogen and oxygen atoms in total. The van der Waals surface area contributed by atoms with E-state index >= 15 is 0 Å². The van der Waals surface area contributed by atoms with Gasteiger partial charge in [0.15, 0.2) is 0 Å². The van der Waals surface area contributed by atoms with E-state index in [0.29, 0.717) is 25.9 Å². The molecule has 3 heterocycles. The molecular formula is C28H37N5O3S. The average molecular weight is 524 g/mol. The molecule has 1 aromatic rings. The Labute approximate surface area is 220 Å². The van der Waals surface area contributed by atoms with Crippen LogP contribution < -0.4 is 4.72 Å². The summed E-state index contributed by atoms with van der Waals surface area (Å²) in [5, 5.41) is 0. The maximum Gasteiger partial charge on any atom is 0.249 e. The fourth-order valence-electron chi connectivity index (χ4n) is 4.80. The molecule has 9 heteroatoms. The van der Waals surface area contributed by atoms with Crippen LogP contribution in [0.25, 0.3) is 0 Å². The lowest BCUT2D eigenvalue weighted by Gasteiger charge is -2.36. The standard InChI is InChI=1S/C28H37N5O3S/c1-22-7-5-10-26(20-29-13-6-8-22)37(35,36)31-27-12-11-24(19-23(27)2)28(34)33-17-15-32(16-18-33)21-25-9-3-4-14-30-25/h3-10,13-14,19,22-23,27,31H,11-12,15-18,20-21H2,1-2H3/b7-5?,8-6-,26-10+,29-13?/t22-,23+,27?/m0/s1. The van der Waals surface area contributed by atoms with Gasteiger partial charge in [0.25, 0.3) is 0 Å². The first-order valence-corrected chi connectivity index (χ1v) is 14.5. The van der Waals surface area contributed by atoms with Crippen LogP contribution in [0.1, 0.15) is 32.4 Å². The van der Waals surface area contributed by atoms with Crippen molar-refractivity contribution in [1.82, 2.24) is 19.5 Å². The molecule has 0 saturated carbocycles. The van der Waals surface area contributed by atoms with E-state index in [1.165, 1.54) is 0 Å². The van der Waals surface area contributed by atoms with E-state index in [1.54, 1.807) is 24.6 Å². The molecular weight excluding hydrogens is 486 g/mol. The molecule has 0 spiro atoms. The van der Waals surface area contributed by atoms with Crippen molar-refractivity contribution in [2.45, 2.75) is 39.3 Å². The van der Waals surface area contributed by atoms with Gasteiger partial charge in [0.1, 0.15) is 0 Å². The van der Waals surface area contributed by atoms with E-state index in [-0.39, 0.29) is 35.2 Å². The van der Waals surface area contributed by atoms with Crippen molar-refractivity contribution in [3.05, 3.63) is 77.0 Å². The van der Waals surface area contributed by atoms with Gasteiger partial charge in [-0.3, -0.25) is 19.7 Å². The van der Waals surface area contributed by atoms with Crippen LogP contribution >= 0.6 is 0 Å². The normalized spacial score (nSPS) is 27.7. The highest BCUT2D eigenvalue weighted by Gasteiger charge is 2.31. The molecule has 1 saturated heterocycles. The number of nitrogens with one attached hydrogen (secondary N) is 1. The summed E-state index contributed by atoms with van der Waals surface area (Å²) in [4.78, 5) is 26.3. The van der Waals surface area contributed by atoms with Crippen LogP contribution in [0.2, 0.25) is 0 Å². The molecule has 0 aromatic carbocycles. The number of hydrogen-bond donors (Lipinski definition) is 1. The van der Waals surface area contributed by atoms with E-state index in [4.69, 9.17) is 0 Å². The summed E-state index contributed by atoms with van der Waals surface area (Å²) in [6.07, 6.45) is 15.7. The van der Waals surface area contributed by atoms with Crippen molar-refractivity contribution in [3.63, 3.8) is 0 Å². The van der Waals surface area contributed by atoms with Gasteiger partial charge in [0, 0.05) is 56.8 Å². The Morgan fingerprint density at radius 3 is 2.62 bits per heavy atom. The lowest BCUT2D eigenvalue weighted by molar-refractivity contribution is -0.129. The molecule has 37 heavy (non-hydrogen) atoms. The topological polar surface area (TPSA) is 95.0 Å². The zero-order chi connectivity index (χ0) is 26.3. The van der Waals surface area contributed by atoms with Crippen LogP contribution in [0.4, 0.5) is 0 Å². The van der Waals surface area contributed by atoms with Crippen molar-refractivity contribution in [3.8, 4) is 0 Å². The van der Waals surface area contributed by atoms with Crippen molar-refractivity contribution < 1.29 is 13.2 Å². The summed E-state index contributed by atoms with van der Waals surface area (Å²) in [7, 11) is -3.70. The minimum atomic E-state index is -3.70. The molecule has 1 aromatic heterocycles. The second-order valence-corrected chi connectivity index (χ2v) is 11.7. The molecule has 1 N–H and O–H groups in total. The van der Waals surface area contributed by atoms with Crippen LogP contribution in [-0.2, 0) is 21.4 Å². The average Bonchev–Trinajstić information content (AvgIpc) is 2.89. The molecule has 0 bridgehead atoms. The van der Waals surface area contributed by atoms with Crippen molar-refractivity contribution >= 4 is 22.1 Å². The number of aliphatic imine (C=N–C) groups is 1. The lowest BCUT2D eigenvalue weighted by Crippen LogP contribution is -2.49. The summed E-state index contributed by atoms with van der Waals surface area (Å²) in [6.45, 7) is 7.87. The third kappa shape index (κ3) is 7.56. The summed E-state index contributed by atoms with van der Waals surface area (Å²) in [5.41, 5.74) is 1.82. The second-order valence-electron chi connectivity index (χ2n) is 9.96. The van der Waals surface area contributed by atoms with Crippen LogP contribution in [0.3, 0.4) is 0 Å². The van der Waals surface area contributed by atoms with Crippen molar-refractivity contribution in [2.75, 3.05) is 32.7 Å². The van der Waals surface area contributed by atoms with Crippen molar-refractivity contribution in [2.24, 2.45) is 16.8 Å². The Morgan fingerprint density at radius 1 is 1.11 bits per heavy atom. The Morgan fingerprint density at radius 2 is 1.89 bits per heavy atom. The number of carbonyl (C=O) groups is 1. The van der Waals surface area contributed by atoms with E-state index in [9.17, 15) is 13.2 Å². The predicted octanol–water partition coefficient (Wildman–Crippen LogP) is 3.09. The number of nitrogens with zero attached hydrogens (tertiary/aromatic N) is 4. The van der Waals surface area contributed by atoms with Gasteiger partial charge in [-0.1, -0.05) is 44.2 Å². The van der Waals surface area contributed by atoms with Crippen molar-refractivity contribution in [1.29, 1.82) is 0 Å². The second kappa shape index (κ2) is 12.6. The SMILES string of the molecule is C[C@@H]1C=C(C(=O)N2CCN(Cc3ccccn3)CC2)CCC1NS(=O)(=O)/C1=C/C=C[C@H](C)/C=C\C=NC1. The van der Waals surface area contributed by atoms with Gasteiger partial charge in [-0.15, -0.1) is 0 Å². The quantitative estimate of drug-likeness (QED) is 0.618. The zero-order valence-corrected chi connectivity index (χ0v) is 22.5. The van der Waals surface area contributed by atoms with Gasteiger partial charge < -0.3 is 4.90 Å². The van der Waals surface area contributed by atoms with Gasteiger partial charge in [-0.05, 0) is 49.0 Å². The first-order chi connectivity index (χ1) is 17.8. The van der Waals surface area contributed by atoms with E-state index in [0.717, 1.165) is 30.9 Å². The highest BCUT2D eigenvalue weighted by molar-refractivity contribution is 7.93. The number of aromatic nitrogens is 1. The number of amides is 1. The maximum absolute atomic E-state index is 13.2. The van der Waals surface area contributed by atoms with E-state index < -0.39 is 10.0 Å². The number of hydrogen-bond acceptors (Lipinski definition) is 6. The smallest absolute Gasteiger partial charge is 0.249 e. The van der Waals surface area contributed by atoms with E-state index in [1.807, 2.05) is 61.3 Å². The van der Waals surface area contributed by atoms with Gasteiger partial charge in [0.05, 0.1) is 17.1 Å². The van der Waals surface area contributed by atoms with Crippen LogP contribution in [0, 0.1) is 11.8 Å². The lowest BCUT2D eigenvalue weighted by atomic mass is 9.87. The molecule has 0 radical (unpaired) electrons. The fourth-order valence-corrected chi connectivity index (χ4v) is 6.19. The third-order valence-electron chi connectivity index (χ3n) is 7.07. The monoisotopic (exact) mass is 523 g/mol. The fraction of sp³-hybridized carbons (Fsp3) is 0.464. The Balaban J connectivity index is 1.33. The number of rotatable bonds is 6. The van der Waals surface area contributed by atoms with Gasteiger partial charge in [-0.2, -0.15) is 0 Å². The molecule has 3 aliphatic rings. The zero-order valence-electron chi connectivity index (χ0n) is 21.7. The molecule has 1 aliphatic carbocycles. The Kier molecular flexibility index (Phi) is 9.23. The van der Waals surface area contributed by atoms with Crippen LogP contribution in [0.5, 0.6) is 0 Å². The first kappa shape index (κ1) is 27.2. The maximum atomic E-state index is 13.2. The molecule has 1 amide bonds. The summed E-state index contributed by atoms with van der Waals surface area (Å²) >= 11 is 0. The molecule has 1 unspecified atom stereocenters. The summed E-state index contributed by atoms with van der Waals surface area (Å²) < 4.78 is 29.2. The minimum absolute atomic E-state index is 0.0716. The number of piperazine rings is 1. The number of allylic oxidation sites excluding steroid dienone is 5. The molecule has 3 atom stereocenters. The number of pyridine rings is 1. The highest BCUT2D eigenvalue weighted by Crippen LogP contribution is 2.26. The molecule has 4 rings (SSSR count). The molecule has 1 fully saturated rings. The van der Waals surface area contributed by atoms with Crippen LogP contribution in [0.15, 0.2) is 76.3 Å². The van der Waals surface area contributed by atoms with Crippen LogP contribution in [-0.4, -0.2) is 74.1 Å². The summed E-state index contributed by atoms with van der Waals surface area (Å²) in [6, 6.07) is 5.66. The minimum Gasteiger partial charge on any atom is -0.336 e. The molecule has 198 valence electrons. The first-order valence-electron chi connectivity index (χ1n) is 13.0. The Bertz CT molecular complexity index is 1200.